The summed E-state index contributed by atoms with van der Waals surface area (Å²) in [4.78, 5) is 24.2. The standard InChI is InChI=1S/C12H13N3O4S/c1-2-19-10-5-3-4-9(11(10)15(17)18)13-6-8-7-20-12(16)14-8/h3-5,7,13H,2,6H2,1H3,(H,14,16). The van der Waals surface area contributed by atoms with Gasteiger partial charge in [-0.05, 0) is 19.1 Å². The van der Waals surface area contributed by atoms with Gasteiger partial charge in [-0.25, -0.2) is 0 Å². The number of rotatable bonds is 6. The first-order valence-corrected chi connectivity index (χ1v) is 6.80. The molecule has 0 amide bonds. The maximum atomic E-state index is 11.2. The molecule has 0 saturated heterocycles. The van der Waals surface area contributed by atoms with Crippen LogP contribution in [0.1, 0.15) is 12.6 Å². The lowest BCUT2D eigenvalue weighted by Crippen LogP contribution is -2.06. The Bertz CT molecular complexity index is 665. The average molecular weight is 295 g/mol. The second-order valence-corrected chi connectivity index (χ2v) is 4.71. The van der Waals surface area contributed by atoms with Gasteiger partial charge >= 0.3 is 10.6 Å². The molecule has 7 nitrogen and oxygen atoms in total. The van der Waals surface area contributed by atoms with E-state index in [1.165, 1.54) is 0 Å². The van der Waals surface area contributed by atoms with Crippen molar-refractivity contribution in [1.82, 2.24) is 4.98 Å². The maximum absolute atomic E-state index is 11.2. The molecule has 0 atom stereocenters. The summed E-state index contributed by atoms with van der Waals surface area (Å²) in [5, 5.41) is 15.8. The van der Waals surface area contributed by atoms with E-state index in [2.05, 4.69) is 10.3 Å². The number of para-hydroxylation sites is 1. The zero-order chi connectivity index (χ0) is 14.5. The molecule has 0 radical (unpaired) electrons. The minimum Gasteiger partial charge on any atom is -0.487 e. The summed E-state index contributed by atoms with van der Waals surface area (Å²) < 4.78 is 5.26. The van der Waals surface area contributed by atoms with E-state index in [4.69, 9.17) is 4.74 Å². The molecule has 0 fully saturated rings. The topological polar surface area (TPSA) is 97.3 Å². The van der Waals surface area contributed by atoms with Gasteiger partial charge in [0.25, 0.3) is 0 Å². The van der Waals surface area contributed by atoms with E-state index < -0.39 is 4.92 Å². The summed E-state index contributed by atoms with van der Waals surface area (Å²) in [7, 11) is 0. The molecule has 20 heavy (non-hydrogen) atoms. The Hall–Kier alpha value is -2.35. The van der Waals surface area contributed by atoms with Crippen LogP contribution in [0.5, 0.6) is 5.75 Å². The lowest BCUT2D eigenvalue weighted by Gasteiger charge is -2.09. The molecule has 0 aliphatic heterocycles. The predicted molar refractivity (Wildman–Crippen MR) is 76.5 cm³/mol. The van der Waals surface area contributed by atoms with Gasteiger partial charge in [-0.15, -0.1) is 0 Å². The van der Waals surface area contributed by atoms with Crippen LogP contribution in [0.3, 0.4) is 0 Å². The highest BCUT2D eigenvalue weighted by Gasteiger charge is 2.20. The molecule has 8 heteroatoms. The number of nitrogens with one attached hydrogen (secondary N) is 2. The lowest BCUT2D eigenvalue weighted by molar-refractivity contribution is -0.384. The molecule has 0 aliphatic rings. The first-order valence-electron chi connectivity index (χ1n) is 5.92. The molecular weight excluding hydrogens is 282 g/mol. The number of aromatic nitrogens is 1. The highest BCUT2D eigenvalue weighted by molar-refractivity contribution is 7.07. The van der Waals surface area contributed by atoms with Crippen molar-refractivity contribution >= 4 is 22.7 Å². The predicted octanol–water partition coefficient (Wildman–Crippen LogP) is 2.36. The van der Waals surface area contributed by atoms with Crippen LogP contribution >= 0.6 is 11.3 Å². The van der Waals surface area contributed by atoms with Crippen LogP contribution in [0.15, 0.2) is 28.4 Å². The van der Waals surface area contributed by atoms with Gasteiger partial charge in [-0.2, -0.15) is 0 Å². The zero-order valence-electron chi connectivity index (χ0n) is 10.7. The van der Waals surface area contributed by atoms with E-state index in [0.717, 1.165) is 11.3 Å². The summed E-state index contributed by atoms with van der Waals surface area (Å²) in [6, 6.07) is 4.83. The van der Waals surface area contributed by atoms with Gasteiger partial charge in [0.15, 0.2) is 5.75 Å². The van der Waals surface area contributed by atoms with Crippen LogP contribution in [-0.2, 0) is 6.54 Å². The van der Waals surface area contributed by atoms with Gasteiger partial charge < -0.3 is 15.0 Å². The van der Waals surface area contributed by atoms with Crippen LogP contribution in [0.25, 0.3) is 0 Å². The SMILES string of the molecule is CCOc1cccc(NCc2csc(=O)[nH]2)c1[N+](=O)[O-]. The smallest absolute Gasteiger partial charge is 0.333 e. The first-order chi connectivity index (χ1) is 9.61. The number of hydrogen-bond acceptors (Lipinski definition) is 6. The second kappa shape index (κ2) is 6.20. The van der Waals surface area contributed by atoms with E-state index in [1.54, 1.807) is 30.5 Å². The molecule has 2 N–H and O–H groups in total. The fraction of sp³-hybridized carbons (Fsp3) is 0.250. The number of benzene rings is 1. The van der Waals surface area contributed by atoms with Crippen molar-refractivity contribution in [3.63, 3.8) is 0 Å². The number of nitro groups is 1. The number of thiazole rings is 1. The third-order valence-corrected chi connectivity index (χ3v) is 3.24. The average Bonchev–Trinajstić information content (AvgIpc) is 2.82. The van der Waals surface area contributed by atoms with Crippen LogP contribution < -0.4 is 14.9 Å². The molecule has 0 spiro atoms. The molecule has 1 aromatic heterocycles. The molecule has 2 rings (SSSR count). The molecular formula is C12H13N3O4S. The Balaban J connectivity index is 2.24. The number of aromatic amines is 1. The van der Waals surface area contributed by atoms with Gasteiger partial charge in [0, 0.05) is 11.1 Å². The maximum Gasteiger partial charge on any atom is 0.333 e. The summed E-state index contributed by atoms with van der Waals surface area (Å²) in [5.41, 5.74) is 0.927. The Morgan fingerprint density at radius 1 is 1.50 bits per heavy atom. The number of hydrogen-bond donors (Lipinski definition) is 2. The van der Waals surface area contributed by atoms with E-state index in [0.29, 0.717) is 24.5 Å². The molecule has 2 aromatic rings. The third-order valence-electron chi connectivity index (χ3n) is 2.52. The fourth-order valence-corrected chi connectivity index (χ4v) is 2.30. The summed E-state index contributed by atoms with van der Waals surface area (Å²) in [5.74, 6) is 0.223. The van der Waals surface area contributed by atoms with Crippen molar-refractivity contribution in [2.45, 2.75) is 13.5 Å². The first kappa shape index (κ1) is 14.1. The Labute approximate surface area is 118 Å². The summed E-state index contributed by atoms with van der Waals surface area (Å²) in [6.45, 7) is 2.41. The Morgan fingerprint density at radius 3 is 2.90 bits per heavy atom. The highest BCUT2D eigenvalue weighted by atomic mass is 32.1. The molecule has 0 aliphatic carbocycles. The number of H-pyrrole nitrogens is 1. The van der Waals surface area contributed by atoms with E-state index >= 15 is 0 Å². The van der Waals surface area contributed by atoms with Gasteiger partial charge in [0.1, 0.15) is 5.69 Å². The molecule has 106 valence electrons. The van der Waals surface area contributed by atoms with Crippen molar-refractivity contribution in [1.29, 1.82) is 0 Å². The number of ether oxygens (including phenoxy) is 1. The minimum absolute atomic E-state index is 0.105. The molecule has 1 heterocycles. The summed E-state index contributed by atoms with van der Waals surface area (Å²) >= 11 is 1.05. The van der Waals surface area contributed by atoms with E-state index in [9.17, 15) is 14.9 Å². The van der Waals surface area contributed by atoms with Crippen LogP contribution in [-0.4, -0.2) is 16.5 Å². The fourth-order valence-electron chi connectivity index (χ4n) is 1.72. The lowest BCUT2D eigenvalue weighted by atomic mass is 10.2. The van der Waals surface area contributed by atoms with Crippen LogP contribution in [0.4, 0.5) is 11.4 Å². The van der Waals surface area contributed by atoms with Crippen LogP contribution in [0, 0.1) is 10.1 Å². The van der Waals surface area contributed by atoms with Gasteiger partial charge in [-0.1, -0.05) is 17.4 Å². The minimum atomic E-state index is -0.482. The largest absolute Gasteiger partial charge is 0.487 e. The zero-order valence-corrected chi connectivity index (χ0v) is 11.5. The molecule has 0 saturated carbocycles. The van der Waals surface area contributed by atoms with Crippen molar-refractivity contribution in [3.8, 4) is 5.75 Å². The number of anilines is 1. The van der Waals surface area contributed by atoms with E-state index in [-0.39, 0.29) is 16.3 Å². The monoisotopic (exact) mass is 295 g/mol. The molecule has 0 unspecified atom stereocenters. The second-order valence-electron chi connectivity index (χ2n) is 3.87. The molecule has 0 bridgehead atoms. The third kappa shape index (κ3) is 3.15. The summed E-state index contributed by atoms with van der Waals surface area (Å²) in [6.07, 6.45) is 0. The number of nitrogens with zero attached hydrogens (tertiary/aromatic N) is 1. The van der Waals surface area contributed by atoms with Crippen molar-refractivity contribution in [3.05, 3.63) is 49.1 Å². The van der Waals surface area contributed by atoms with Crippen molar-refractivity contribution in [2.75, 3.05) is 11.9 Å². The van der Waals surface area contributed by atoms with Crippen molar-refractivity contribution in [2.24, 2.45) is 0 Å². The molecule has 1 aromatic carbocycles. The Kier molecular flexibility index (Phi) is 4.36. The van der Waals surface area contributed by atoms with Crippen LogP contribution in [0.2, 0.25) is 0 Å². The van der Waals surface area contributed by atoms with Crippen molar-refractivity contribution < 1.29 is 9.66 Å². The van der Waals surface area contributed by atoms with Gasteiger partial charge in [-0.3, -0.25) is 14.9 Å². The normalized spacial score (nSPS) is 10.2. The van der Waals surface area contributed by atoms with Gasteiger partial charge in [0.2, 0.25) is 0 Å². The highest BCUT2D eigenvalue weighted by Crippen LogP contribution is 2.34. The quantitative estimate of drug-likeness (QED) is 0.629. The number of nitro benzene ring substituents is 1. The Morgan fingerprint density at radius 2 is 2.30 bits per heavy atom. The van der Waals surface area contributed by atoms with Gasteiger partial charge in [0.05, 0.1) is 18.1 Å². The van der Waals surface area contributed by atoms with E-state index in [1.807, 2.05) is 0 Å².